The minimum Gasteiger partial charge on any atom is -0.497 e. The molecule has 1 aliphatic heterocycles. The number of piperidine rings is 1. The summed E-state index contributed by atoms with van der Waals surface area (Å²) in [5.41, 5.74) is 1.52. The van der Waals surface area contributed by atoms with Crippen LogP contribution in [0.5, 0.6) is 5.75 Å². The van der Waals surface area contributed by atoms with E-state index in [-0.39, 0.29) is 5.91 Å². The van der Waals surface area contributed by atoms with Gasteiger partial charge in [0, 0.05) is 36.0 Å². The van der Waals surface area contributed by atoms with Gasteiger partial charge in [-0.2, -0.15) is 0 Å². The van der Waals surface area contributed by atoms with Gasteiger partial charge in [0.1, 0.15) is 18.1 Å². The molecule has 126 valence electrons. The van der Waals surface area contributed by atoms with Crippen LogP contribution in [-0.2, 0) is 4.74 Å². The van der Waals surface area contributed by atoms with Crippen LogP contribution in [0.4, 0.5) is 0 Å². The number of hydrogen-bond acceptors (Lipinski definition) is 3. The van der Waals surface area contributed by atoms with Crippen molar-refractivity contribution in [2.45, 2.75) is 12.8 Å². The minimum absolute atomic E-state index is 0.0341. The number of likely N-dealkylation sites (tertiary alicyclic amines) is 1. The van der Waals surface area contributed by atoms with Crippen LogP contribution in [0.25, 0.3) is 10.9 Å². The van der Waals surface area contributed by atoms with Gasteiger partial charge in [0.2, 0.25) is 0 Å². The number of benzene rings is 1. The summed E-state index contributed by atoms with van der Waals surface area (Å²) in [6, 6.07) is 7.65. The molecule has 1 aromatic heterocycles. The topological polar surface area (TPSA) is 54.6 Å². The molecule has 1 aliphatic rings. The molecule has 0 saturated carbocycles. The van der Waals surface area contributed by atoms with Gasteiger partial charge < -0.3 is 19.4 Å². The van der Waals surface area contributed by atoms with E-state index in [9.17, 15) is 4.79 Å². The number of aromatic nitrogens is 1. The molecule has 5 nitrogen and oxygen atoms in total. The van der Waals surface area contributed by atoms with Crippen molar-refractivity contribution in [2.75, 3.05) is 33.4 Å². The molecule has 24 heavy (non-hydrogen) atoms. The Morgan fingerprint density at radius 3 is 3.12 bits per heavy atom. The number of H-pyrrole nitrogens is 1. The number of carbonyl (C=O) groups excluding carboxylic acids is 1. The van der Waals surface area contributed by atoms with Crippen LogP contribution in [0.3, 0.4) is 0 Å². The Balaban J connectivity index is 1.70. The van der Waals surface area contributed by atoms with Crippen LogP contribution < -0.4 is 4.74 Å². The Morgan fingerprint density at radius 1 is 1.46 bits per heavy atom. The standard InChI is InChI=1S/C19H22N2O3/c1-3-9-24-13-14-5-4-8-21(12-14)19(22)18-10-15-6-7-16(23-2)11-17(15)20-18/h1,6-7,10-11,14,20H,4-5,8-9,12-13H2,2H3. The second kappa shape index (κ2) is 7.41. The van der Waals surface area contributed by atoms with Crippen LogP contribution in [0.1, 0.15) is 23.3 Å². The van der Waals surface area contributed by atoms with Crippen LogP contribution >= 0.6 is 0 Å². The maximum atomic E-state index is 12.8. The van der Waals surface area contributed by atoms with Crippen molar-refractivity contribution in [3.8, 4) is 18.1 Å². The van der Waals surface area contributed by atoms with Gasteiger partial charge >= 0.3 is 0 Å². The minimum atomic E-state index is 0.0341. The van der Waals surface area contributed by atoms with Crippen LogP contribution in [0.2, 0.25) is 0 Å². The normalized spacial score (nSPS) is 17.7. The highest BCUT2D eigenvalue weighted by atomic mass is 16.5. The summed E-state index contributed by atoms with van der Waals surface area (Å²) < 4.78 is 10.7. The Hall–Kier alpha value is -2.45. The van der Waals surface area contributed by atoms with Gasteiger partial charge in [-0.15, -0.1) is 6.42 Å². The van der Waals surface area contributed by atoms with Gasteiger partial charge in [0.05, 0.1) is 13.7 Å². The first-order chi connectivity index (χ1) is 11.7. The van der Waals surface area contributed by atoms with Crippen molar-refractivity contribution < 1.29 is 14.3 Å². The number of hydrogen-bond donors (Lipinski definition) is 1. The van der Waals surface area contributed by atoms with E-state index in [1.807, 2.05) is 29.2 Å². The van der Waals surface area contributed by atoms with Crippen LogP contribution in [0.15, 0.2) is 24.3 Å². The fourth-order valence-electron chi connectivity index (χ4n) is 3.19. The Bertz CT molecular complexity index is 760. The fourth-order valence-corrected chi connectivity index (χ4v) is 3.19. The molecule has 0 radical (unpaired) electrons. The molecule has 1 unspecified atom stereocenters. The van der Waals surface area contributed by atoms with E-state index < -0.39 is 0 Å². The average molecular weight is 326 g/mol. The molecule has 0 spiro atoms. The molecule has 2 aromatic rings. The van der Waals surface area contributed by atoms with Crippen molar-refractivity contribution in [1.82, 2.24) is 9.88 Å². The zero-order chi connectivity index (χ0) is 16.9. The van der Waals surface area contributed by atoms with Crippen molar-refractivity contribution in [1.29, 1.82) is 0 Å². The molecule has 1 amide bonds. The third-order valence-corrected chi connectivity index (χ3v) is 4.41. The van der Waals surface area contributed by atoms with Gasteiger partial charge in [-0.1, -0.05) is 5.92 Å². The second-order valence-electron chi connectivity index (χ2n) is 6.11. The number of nitrogens with zero attached hydrogens (tertiary/aromatic N) is 1. The molecule has 1 saturated heterocycles. The zero-order valence-electron chi connectivity index (χ0n) is 13.9. The maximum Gasteiger partial charge on any atom is 0.270 e. The van der Waals surface area contributed by atoms with Gasteiger partial charge in [-0.3, -0.25) is 4.79 Å². The quantitative estimate of drug-likeness (QED) is 0.679. The molecule has 1 atom stereocenters. The lowest BCUT2D eigenvalue weighted by atomic mass is 9.98. The Morgan fingerprint density at radius 2 is 2.33 bits per heavy atom. The highest BCUT2D eigenvalue weighted by molar-refractivity contribution is 5.98. The third kappa shape index (κ3) is 3.55. The Labute approximate surface area is 141 Å². The highest BCUT2D eigenvalue weighted by Gasteiger charge is 2.25. The molecule has 0 bridgehead atoms. The second-order valence-corrected chi connectivity index (χ2v) is 6.11. The SMILES string of the molecule is C#CCOCC1CCCN(C(=O)c2cc3ccc(OC)cc3[nH]2)C1. The number of fused-ring (bicyclic) bond motifs is 1. The number of ether oxygens (including phenoxy) is 2. The number of nitrogens with one attached hydrogen (secondary N) is 1. The smallest absolute Gasteiger partial charge is 0.270 e. The van der Waals surface area contributed by atoms with E-state index in [0.717, 1.165) is 36.0 Å². The molecule has 3 rings (SSSR count). The number of carbonyl (C=O) groups is 1. The van der Waals surface area contributed by atoms with Crippen molar-refractivity contribution in [3.63, 3.8) is 0 Å². The molecule has 1 aromatic carbocycles. The van der Waals surface area contributed by atoms with E-state index in [1.165, 1.54) is 0 Å². The van der Waals surface area contributed by atoms with Gasteiger partial charge in [0.15, 0.2) is 0 Å². The molecule has 5 heteroatoms. The summed E-state index contributed by atoms with van der Waals surface area (Å²) in [7, 11) is 1.63. The predicted molar refractivity (Wildman–Crippen MR) is 93.1 cm³/mol. The van der Waals surface area contributed by atoms with Crippen molar-refractivity contribution in [3.05, 3.63) is 30.0 Å². The lowest BCUT2D eigenvalue weighted by Gasteiger charge is -2.32. The van der Waals surface area contributed by atoms with Crippen LogP contribution in [0, 0.1) is 18.3 Å². The van der Waals surface area contributed by atoms with Crippen molar-refractivity contribution in [2.24, 2.45) is 5.92 Å². The molecule has 0 aliphatic carbocycles. The fraction of sp³-hybridized carbons (Fsp3) is 0.421. The predicted octanol–water partition coefficient (Wildman–Crippen LogP) is 2.68. The van der Waals surface area contributed by atoms with E-state index in [0.29, 0.717) is 31.4 Å². The Kier molecular flexibility index (Phi) is 5.07. The average Bonchev–Trinajstić information content (AvgIpc) is 3.04. The summed E-state index contributed by atoms with van der Waals surface area (Å²) in [4.78, 5) is 17.9. The number of methoxy groups -OCH3 is 1. The number of aromatic amines is 1. The zero-order valence-corrected chi connectivity index (χ0v) is 13.9. The molecule has 1 N–H and O–H groups in total. The third-order valence-electron chi connectivity index (χ3n) is 4.41. The number of amides is 1. The molecular weight excluding hydrogens is 304 g/mol. The van der Waals surface area contributed by atoms with Gasteiger partial charge in [-0.05, 0) is 31.0 Å². The molecule has 1 fully saturated rings. The highest BCUT2D eigenvalue weighted by Crippen LogP contribution is 2.24. The first-order valence-corrected chi connectivity index (χ1v) is 8.18. The maximum absolute atomic E-state index is 12.8. The lowest BCUT2D eigenvalue weighted by molar-refractivity contribution is 0.0530. The van der Waals surface area contributed by atoms with E-state index >= 15 is 0 Å². The molecule has 2 heterocycles. The first-order valence-electron chi connectivity index (χ1n) is 8.18. The van der Waals surface area contributed by atoms with Crippen molar-refractivity contribution >= 4 is 16.8 Å². The number of rotatable bonds is 5. The lowest BCUT2D eigenvalue weighted by Crippen LogP contribution is -2.41. The summed E-state index contributed by atoms with van der Waals surface area (Å²) in [6.07, 6.45) is 7.26. The summed E-state index contributed by atoms with van der Waals surface area (Å²) >= 11 is 0. The number of terminal acetylenes is 1. The van der Waals surface area contributed by atoms with E-state index in [2.05, 4.69) is 10.9 Å². The van der Waals surface area contributed by atoms with Gasteiger partial charge in [0.25, 0.3) is 5.91 Å². The molecular formula is C19H22N2O3. The first kappa shape index (κ1) is 16.4. The summed E-state index contributed by atoms with van der Waals surface area (Å²) in [6.45, 7) is 2.43. The van der Waals surface area contributed by atoms with E-state index in [1.54, 1.807) is 7.11 Å². The summed E-state index contributed by atoms with van der Waals surface area (Å²) in [5, 5.41) is 1.00. The van der Waals surface area contributed by atoms with Crippen LogP contribution in [-0.4, -0.2) is 49.2 Å². The van der Waals surface area contributed by atoms with Gasteiger partial charge in [-0.25, -0.2) is 0 Å². The summed E-state index contributed by atoms with van der Waals surface area (Å²) in [5.74, 6) is 3.63. The van der Waals surface area contributed by atoms with E-state index in [4.69, 9.17) is 15.9 Å². The largest absolute Gasteiger partial charge is 0.497 e. The monoisotopic (exact) mass is 326 g/mol.